The second-order valence-electron chi connectivity index (χ2n) is 5.03. The van der Waals surface area contributed by atoms with Gasteiger partial charge in [0.05, 0.1) is 11.4 Å². The average Bonchev–Trinajstić information content (AvgIpc) is 2.45. The zero-order valence-electron chi connectivity index (χ0n) is 9.74. The van der Waals surface area contributed by atoms with Gasteiger partial charge < -0.3 is 5.73 Å². The van der Waals surface area contributed by atoms with Crippen molar-refractivity contribution in [3.05, 3.63) is 11.9 Å². The first-order chi connectivity index (χ1) is 7.15. The van der Waals surface area contributed by atoms with Gasteiger partial charge in [-0.3, -0.25) is 4.68 Å². The van der Waals surface area contributed by atoms with Crippen LogP contribution in [0.3, 0.4) is 0 Å². The maximum absolute atomic E-state index is 5.79. The van der Waals surface area contributed by atoms with Gasteiger partial charge >= 0.3 is 0 Å². The highest BCUT2D eigenvalue weighted by molar-refractivity contribution is 5.39. The molecule has 2 N–H and O–H groups in total. The van der Waals surface area contributed by atoms with E-state index in [9.17, 15) is 0 Å². The fourth-order valence-corrected chi connectivity index (χ4v) is 2.62. The van der Waals surface area contributed by atoms with Crippen LogP contribution in [0.5, 0.6) is 0 Å². The Balaban J connectivity index is 1.96. The average molecular weight is 207 g/mol. The maximum Gasteiger partial charge on any atom is 0.0822 e. The van der Waals surface area contributed by atoms with E-state index in [1.54, 1.807) is 0 Å². The van der Waals surface area contributed by atoms with Gasteiger partial charge in [-0.25, -0.2) is 0 Å². The quantitative estimate of drug-likeness (QED) is 0.810. The lowest BCUT2D eigenvalue weighted by molar-refractivity contribution is 0.250. The molecule has 0 saturated heterocycles. The van der Waals surface area contributed by atoms with E-state index in [4.69, 9.17) is 5.73 Å². The Morgan fingerprint density at radius 1 is 1.53 bits per heavy atom. The molecule has 1 aromatic rings. The number of hydrogen-bond acceptors (Lipinski definition) is 2. The highest BCUT2D eigenvalue weighted by atomic mass is 15.3. The zero-order chi connectivity index (χ0) is 10.8. The Morgan fingerprint density at radius 2 is 2.33 bits per heavy atom. The summed E-state index contributed by atoms with van der Waals surface area (Å²) in [5.41, 5.74) is 7.57. The summed E-state index contributed by atoms with van der Waals surface area (Å²) in [6.45, 7) is 5.37. The van der Waals surface area contributed by atoms with E-state index in [2.05, 4.69) is 12.0 Å². The molecular formula is C12H21N3. The van der Waals surface area contributed by atoms with Crippen LogP contribution in [0.1, 0.15) is 38.3 Å². The number of aromatic nitrogens is 2. The van der Waals surface area contributed by atoms with Gasteiger partial charge in [0.1, 0.15) is 0 Å². The predicted molar refractivity (Wildman–Crippen MR) is 62.5 cm³/mol. The van der Waals surface area contributed by atoms with Crippen molar-refractivity contribution in [1.29, 1.82) is 0 Å². The monoisotopic (exact) mass is 207 g/mol. The van der Waals surface area contributed by atoms with E-state index in [0.29, 0.717) is 0 Å². The number of nitrogens with zero attached hydrogens (tertiary/aromatic N) is 2. The van der Waals surface area contributed by atoms with Crippen LogP contribution in [0.2, 0.25) is 0 Å². The van der Waals surface area contributed by atoms with Crippen molar-refractivity contribution in [2.24, 2.45) is 11.8 Å². The fraction of sp³-hybridized carbons (Fsp3) is 0.750. The molecule has 1 fully saturated rings. The molecule has 0 radical (unpaired) electrons. The Bertz CT molecular complexity index is 310. The molecule has 0 aromatic carbocycles. The van der Waals surface area contributed by atoms with Crippen LogP contribution in [0, 0.1) is 18.8 Å². The zero-order valence-corrected chi connectivity index (χ0v) is 9.74. The molecule has 3 heteroatoms. The topological polar surface area (TPSA) is 43.8 Å². The first-order valence-electron chi connectivity index (χ1n) is 5.94. The molecule has 0 amide bonds. The molecule has 3 nitrogen and oxygen atoms in total. The minimum atomic E-state index is 0.799. The smallest absolute Gasteiger partial charge is 0.0822 e. The largest absolute Gasteiger partial charge is 0.396 e. The Morgan fingerprint density at radius 3 is 2.93 bits per heavy atom. The number of hydrogen-bond donors (Lipinski definition) is 1. The third-order valence-electron chi connectivity index (χ3n) is 3.47. The molecule has 1 heterocycles. The number of anilines is 1. The standard InChI is InChI=1S/C12H21N3/c1-9-4-3-5-11(6-9)7-15-8-12(13)10(2)14-15/h8-9,11H,3-7,13H2,1-2H3. The molecule has 2 rings (SSSR count). The van der Waals surface area contributed by atoms with Crippen molar-refractivity contribution in [1.82, 2.24) is 9.78 Å². The van der Waals surface area contributed by atoms with Gasteiger partial charge in [0.25, 0.3) is 0 Å². The van der Waals surface area contributed by atoms with Crippen LogP contribution in [0.25, 0.3) is 0 Å². The van der Waals surface area contributed by atoms with E-state index in [1.165, 1.54) is 25.7 Å². The molecule has 84 valence electrons. The molecule has 1 aliphatic rings. The first-order valence-corrected chi connectivity index (χ1v) is 5.94. The molecule has 0 spiro atoms. The van der Waals surface area contributed by atoms with Crippen molar-refractivity contribution in [3.8, 4) is 0 Å². The summed E-state index contributed by atoms with van der Waals surface area (Å²) in [5.74, 6) is 1.69. The van der Waals surface area contributed by atoms with Gasteiger partial charge in [-0.2, -0.15) is 5.10 Å². The molecule has 1 aliphatic carbocycles. The summed E-state index contributed by atoms with van der Waals surface area (Å²) in [4.78, 5) is 0. The van der Waals surface area contributed by atoms with Crippen molar-refractivity contribution in [2.45, 2.75) is 46.1 Å². The number of aryl methyl sites for hydroxylation is 1. The van der Waals surface area contributed by atoms with E-state index >= 15 is 0 Å². The van der Waals surface area contributed by atoms with Crippen molar-refractivity contribution in [2.75, 3.05) is 5.73 Å². The van der Waals surface area contributed by atoms with Gasteiger partial charge in [-0.05, 0) is 31.6 Å². The molecule has 1 aromatic heterocycles. The van der Waals surface area contributed by atoms with E-state index in [1.807, 2.05) is 17.8 Å². The molecular weight excluding hydrogens is 186 g/mol. The molecule has 1 saturated carbocycles. The van der Waals surface area contributed by atoms with Crippen molar-refractivity contribution in [3.63, 3.8) is 0 Å². The lowest BCUT2D eigenvalue weighted by Crippen LogP contribution is -2.18. The summed E-state index contributed by atoms with van der Waals surface area (Å²) < 4.78 is 2.02. The van der Waals surface area contributed by atoms with Crippen LogP contribution in [-0.4, -0.2) is 9.78 Å². The number of nitrogens with two attached hydrogens (primary N) is 1. The van der Waals surface area contributed by atoms with Crippen LogP contribution < -0.4 is 5.73 Å². The van der Waals surface area contributed by atoms with Crippen molar-refractivity contribution >= 4 is 5.69 Å². The van der Waals surface area contributed by atoms with Crippen LogP contribution in [0.15, 0.2) is 6.20 Å². The van der Waals surface area contributed by atoms with Crippen LogP contribution >= 0.6 is 0 Å². The minimum Gasteiger partial charge on any atom is -0.396 e. The van der Waals surface area contributed by atoms with Gasteiger partial charge in [0, 0.05) is 12.7 Å². The van der Waals surface area contributed by atoms with Gasteiger partial charge in [-0.15, -0.1) is 0 Å². The lowest BCUT2D eigenvalue weighted by Gasteiger charge is -2.26. The third-order valence-corrected chi connectivity index (χ3v) is 3.47. The molecule has 15 heavy (non-hydrogen) atoms. The lowest BCUT2D eigenvalue weighted by atomic mass is 9.82. The van der Waals surface area contributed by atoms with Gasteiger partial charge in [0.15, 0.2) is 0 Å². The van der Waals surface area contributed by atoms with E-state index in [-0.39, 0.29) is 0 Å². The summed E-state index contributed by atoms with van der Waals surface area (Å²) in [6.07, 6.45) is 7.44. The first kappa shape index (κ1) is 10.5. The normalized spacial score (nSPS) is 26.8. The highest BCUT2D eigenvalue weighted by Gasteiger charge is 2.19. The third kappa shape index (κ3) is 2.52. The molecule has 2 unspecified atom stereocenters. The Hall–Kier alpha value is -0.990. The predicted octanol–water partition coefficient (Wildman–Crippen LogP) is 2.60. The van der Waals surface area contributed by atoms with Crippen LogP contribution in [-0.2, 0) is 6.54 Å². The Kier molecular flexibility index (Phi) is 2.98. The second kappa shape index (κ2) is 4.25. The number of rotatable bonds is 2. The summed E-state index contributed by atoms with van der Waals surface area (Å²) in [6, 6.07) is 0. The highest BCUT2D eigenvalue weighted by Crippen LogP contribution is 2.29. The molecule has 0 bridgehead atoms. The van der Waals surface area contributed by atoms with Gasteiger partial charge in [-0.1, -0.05) is 19.8 Å². The number of nitrogen functional groups attached to an aromatic ring is 1. The Labute approximate surface area is 91.7 Å². The van der Waals surface area contributed by atoms with Crippen molar-refractivity contribution < 1.29 is 0 Å². The summed E-state index contributed by atoms with van der Waals surface area (Å²) >= 11 is 0. The second-order valence-corrected chi connectivity index (χ2v) is 5.03. The fourth-order valence-electron chi connectivity index (χ4n) is 2.62. The summed E-state index contributed by atoms with van der Waals surface area (Å²) in [5, 5.41) is 4.42. The molecule has 0 aliphatic heterocycles. The minimum absolute atomic E-state index is 0.799. The van der Waals surface area contributed by atoms with E-state index < -0.39 is 0 Å². The van der Waals surface area contributed by atoms with Crippen LogP contribution in [0.4, 0.5) is 5.69 Å². The van der Waals surface area contributed by atoms with Gasteiger partial charge in [0.2, 0.25) is 0 Å². The molecule has 2 atom stereocenters. The maximum atomic E-state index is 5.79. The SMILES string of the molecule is Cc1nn(CC2CCCC(C)C2)cc1N. The summed E-state index contributed by atoms with van der Waals surface area (Å²) in [7, 11) is 0. The van der Waals surface area contributed by atoms with E-state index in [0.717, 1.165) is 29.8 Å².